The molecule has 200 valence electrons. The third kappa shape index (κ3) is 13.2. The monoisotopic (exact) mass is 530 g/mol. The first-order valence-corrected chi connectivity index (χ1v) is 15.3. The van der Waals surface area contributed by atoms with Gasteiger partial charge >= 0.3 is 44.9 Å². The van der Waals surface area contributed by atoms with Crippen molar-refractivity contribution in [3.8, 4) is 0 Å². The molecule has 0 saturated heterocycles. The Morgan fingerprint density at radius 2 is 1.42 bits per heavy atom. The first-order valence-electron chi connectivity index (χ1n) is 13.9. The average molecular weight is 531 g/mol. The van der Waals surface area contributed by atoms with Crippen molar-refractivity contribution in [2.45, 2.75) is 110 Å². The second kappa shape index (κ2) is 21.0. The zero-order valence-corrected chi connectivity index (χ0v) is 24.4. The second-order valence-electron chi connectivity index (χ2n) is 8.96. The molecule has 0 bridgehead atoms. The third-order valence-corrected chi connectivity index (χ3v) is 7.01. The number of hydrogen-bond acceptors (Lipinski definition) is 0. The maximum absolute atomic E-state index is 9.17. The van der Waals surface area contributed by atoms with Gasteiger partial charge in [-0.15, -0.1) is 4.79 Å². The Bertz CT molecular complexity index is 959. The van der Waals surface area contributed by atoms with E-state index in [9.17, 15) is 5.53 Å². The van der Waals surface area contributed by atoms with Crippen molar-refractivity contribution in [2.24, 2.45) is 0 Å². The van der Waals surface area contributed by atoms with Gasteiger partial charge in [0.25, 0.3) is 0 Å². The van der Waals surface area contributed by atoms with E-state index in [4.69, 9.17) is 0 Å². The molecule has 0 radical (unpaired) electrons. The van der Waals surface area contributed by atoms with Gasteiger partial charge in [-0.3, -0.25) is 0 Å². The van der Waals surface area contributed by atoms with Gasteiger partial charge in [0.05, 0.1) is 5.57 Å². The molecule has 0 atom stereocenters. The van der Waals surface area contributed by atoms with E-state index in [1.807, 2.05) is 14.4 Å². The summed E-state index contributed by atoms with van der Waals surface area (Å²) in [5.74, 6) is 2.82. The predicted octanol–water partition coefficient (Wildman–Crippen LogP) is 10.2. The maximum atomic E-state index is 9.17. The van der Waals surface area contributed by atoms with E-state index in [-0.39, 0.29) is 0 Å². The van der Waals surface area contributed by atoms with Gasteiger partial charge in [-0.1, -0.05) is 95.0 Å². The summed E-state index contributed by atoms with van der Waals surface area (Å²) in [6, 6.07) is 17.8. The molecule has 0 heterocycles. The summed E-state index contributed by atoms with van der Waals surface area (Å²) in [5.41, 5.74) is 16.4. The number of unbranched alkanes of at least 4 members (excludes halogenated alkanes) is 4. The molecule has 0 aliphatic rings. The molecule has 2 nitrogen and oxygen atoms in total. The number of rotatable bonds is 15. The molecule has 0 unspecified atom stereocenters. The molecule has 3 heteroatoms. The topological polar surface area (TPSA) is 36.4 Å². The summed E-state index contributed by atoms with van der Waals surface area (Å²) < 4.78 is 0. The predicted molar refractivity (Wildman–Crippen MR) is 154 cm³/mol. The summed E-state index contributed by atoms with van der Waals surface area (Å²) >= 11 is 1.82. The van der Waals surface area contributed by atoms with Crippen molar-refractivity contribution in [3.05, 3.63) is 88.0 Å². The fourth-order valence-electron chi connectivity index (χ4n) is 3.96. The van der Waals surface area contributed by atoms with Gasteiger partial charge in [0.15, 0.2) is 0 Å². The van der Waals surface area contributed by atoms with E-state index in [2.05, 4.69) is 99.9 Å². The summed E-state index contributed by atoms with van der Waals surface area (Å²) in [4.78, 5) is 3.23. The standard InChI is InChI=1S/C29H38N2.2C2H5.Ni/c1-4-7-10-14-26(23-31-30)22-29(27-19-17-24(18-20-27)12-8-5-2)28-16-11-15-25(21-28)13-9-6-3;2*1-2;/h11,15-22H,4-10,12-14H2,1-3H3;2*1H2,2H3;. The molecule has 0 N–H and O–H groups in total. The second-order valence-corrected chi connectivity index (χ2v) is 10.9. The zero-order valence-electron chi connectivity index (χ0n) is 23.4. The van der Waals surface area contributed by atoms with Crippen molar-refractivity contribution in [3.63, 3.8) is 0 Å². The summed E-state index contributed by atoms with van der Waals surface area (Å²) in [6.07, 6.45) is 13.5. The minimum atomic E-state index is 0.867. The zero-order chi connectivity index (χ0) is 26.4. The average Bonchev–Trinajstić information content (AvgIpc) is 2.91. The number of benzene rings is 2. The Morgan fingerprint density at radius 1 is 0.778 bits per heavy atom. The molecule has 0 aromatic heterocycles. The molecular formula is C33H48N2Ni. The molecule has 0 fully saturated rings. The Balaban J connectivity index is 0.00000118. The molecule has 0 amide bonds. The van der Waals surface area contributed by atoms with Gasteiger partial charge < -0.3 is 5.53 Å². The number of hydrogen-bond donors (Lipinski definition) is 0. The van der Waals surface area contributed by atoms with Gasteiger partial charge in [-0.2, -0.15) is 0 Å². The molecule has 2 rings (SSSR count). The van der Waals surface area contributed by atoms with Crippen LogP contribution in [-0.2, 0) is 27.3 Å². The first-order chi connectivity index (χ1) is 17.6. The van der Waals surface area contributed by atoms with Crippen molar-refractivity contribution in [1.29, 1.82) is 0 Å². The molecule has 0 saturated carbocycles. The van der Waals surface area contributed by atoms with Crippen LogP contribution < -0.4 is 0 Å². The summed E-state index contributed by atoms with van der Waals surface area (Å²) in [6.45, 7) is 11.0. The van der Waals surface area contributed by atoms with Crippen LogP contribution >= 0.6 is 0 Å². The van der Waals surface area contributed by atoms with E-state index < -0.39 is 0 Å². The van der Waals surface area contributed by atoms with E-state index in [0.717, 1.165) is 31.3 Å². The van der Waals surface area contributed by atoms with Gasteiger partial charge in [-0.05, 0) is 72.4 Å². The number of allylic oxidation sites excluding steroid dienone is 2. The Hall–Kier alpha value is -2.17. The molecule has 36 heavy (non-hydrogen) atoms. The van der Waals surface area contributed by atoms with Crippen molar-refractivity contribution >= 4 is 11.4 Å². The van der Waals surface area contributed by atoms with Crippen LogP contribution in [-0.4, -0.2) is 10.7 Å². The van der Waals surface area contributed by atoms with Crippen LogP contribution in [0.5, 0.6) is 0 Å². The summed E-state index contributed by atoms with van der Waals surface area (Å²) in [5, 5.41) is 2.56. The fourth-order valence-corrected chi connectivity index (χ4v) is 4.46. The van der Waals surface area contributed by atoms with Crippen LogP contribution in [0.15, 0.2) is 60.2 Å². The van der Waals surface area contributed by atoms with E-state index in [0.29, 0.717) is 0 Å². The molecule has 2 aromatic rings. The van der Waals surface area contributed by atoms with Gasteiger partial charge in [0.1, 0.15) is 0 Å². The molecule has 0 aliphatic carbocycles. The van der Waals surface area contributed by atoms with Crippen LogP contribution in [0.25, 0.3) is 11.1 Å². The molecule has 0 spiro atoms. The normalized spacial score (nSPS) is 10.9. The van der Waals surface area contributed by atoms with Gasteiger partial charge in [0, 0.05) is 0 Å². The third-order valence-electron chi connectivity index (χ3n) is 6.02. The first kappa shape index (κ1) is 31.9. The van der Waals surface area contributed by atoms with Crippen LogP contribution in [0.4, 0.5) is 0 Å². The van der Waals surface area contributed by atoms with Gasteiger partial charge in [-0.25, -0.2) is 0 Å². The number of nitrogens with zero attached hydrogens (tertiary/aromatic N) is 2. The van der Waals surface area contributed by atoms with Crippen LogP contribution in [0, 0.1) is 0 Å². The van der Waals surface area contributed by atoms with E-state index >= 15 is 0 Å². The van der Waals surface area contributed by atoms with Crippen molar-refractivity contribution < 1.29 is 19.2 Å². The Labute approximate surface area is 227 Å². The Morgan fingerprint density at radius 3 is 1.97 bits per heavy atom. The Kier molecular flexibility index (Phi) is 18.6. The van der Waals surface area contributed by atoms with Crippen molar-refractivity contribution in [1.82, 2.24) is 0 Å². The molecule has 0 aliphatic heterocycles. The van der Waals surface area contributed by atoms with E-state index in [1.54, 1.807) is 0 Å². The van der Waals surface area contributed by atoms with Gasteiger partial charge in [0.2, 0.25) is 0 Å². The van der Waals surface area contributed by atoms with E-state index in [1.165, 1.54) is 77.1 Å². The van der Waals surface area contributed by atoms with Crippen molar-refractivity contribution in [2.75, 3.05) is 0 Å². The molecular weight excluding hydrogens is 483 g/mol. The fraction of sp³-hybridized carbons (Fsp3) is 0.515. The van der Waals surface area contributed by atoms with Crippen LogP contribution in [0.2, 0.25) is 10.8 Å². The summed E-state index contributed by atoms with van der Waals surface area (Å²) in [7, 11) is 0. The van der Waals surface area contributed by atoms with Crippen LogP contribution in [0.3, 0.4) is 0 Å². The molecule has 2 aromatic carbocycles. The SMILES string of the molecule is CCCCCC(=C=[N+]=[N-])C=C(c1ccc(CCCC)cc1)c1cccc(CCCC)c1.C[CH2][Ni][CH2]C. The minimum absolute atomic E-state index is 0.867. The quantitative estimate of drug-likeness (QED) is 0.0548. The van der Waals surface area contributed by atoms with Crippen LogP contribution in [0.1, 0.15) is 108 Å². The number of aryl methyl sites for hydroxylation is 2.